The summed E-state index contributed by atoms with van der Waals surface area (Å²) in [5, 5.41) is 40.3. The van der Waals surface area contributed by atoms with Gasteiger partial charge in [-0.2, -0.15) is 28.1 Å². The topological polar surface area (TPSA) is 223 Å². The predicted molar refractivity (Wildman–Crippen MR) is 184 cm³/mol. The molecule has 54 heavy (non-hydrogen) atoms. The fourth-order valence-electron chi connectivity index (χ4n) is 6.31. The van der Waals surface area contributed by atoms with Crippen molar-refractivity contribution in [2.45, 2.75) is 77.7 Å². The molecule has 4 N–H and O–H groups in total. The molecule has 3 fully saturated rings. The van der Waals surface area contributed by atoms with Gasteiger partial charge in [0.15, 0.2) is 0 Å². The lowest BCUT2D eigenvalue weighted by atomic mass is 9.50. The fourth-order valence-corrected chi connectivity index (χ4v) is 6.59. The van der Waals surface area contributed by atoms with Gasteiger partial charge in [-0.25, -0.2) is 19.0 Å². The van der Waals surface area contributed by atoms with Crippen molar-refractivity contribution in [3.63, 3.8) is 0 Å². The summed E-state index contributed by atoms with van der Waals surface area (Å²) in [6, 6.07) is 9.27. The van der Waals surface area contributed by atoms with E-state index in [4.69, 9.17) is 14.4 Å². The normalized spacial score (nSPS) is 18.9. The van der Waals surface area contributed by atoms with E-state index in [1.54, 1.807) is 19.2 Å². The summed E-state index contributed by atoms with van der Waals surface area (Å²) in [4.78, 5) is 38.5. The van der Waals surface area contributed by atoms with Crippen molar-refractivity contribution in [1.29, 1.82) is 10.5 Å². The van der Waals surface area contributed by atoms with E-state index in [1.165, 1.54) is 29.3 Å². The first-order valence-electron chi connectivity index (χ1n) is 16.4. The maximum absolute atomic E-state index is 14.3. The number of rotatable bonds is 10. The smallest absolute Gasteiger partial charge is 0.475 e. The molecule has 7 rings (SSSR count). The molecule has 1 aromatic carbocycles. The number of carbonyl (C=O) groups is 1. The summed E-state index contributed by atoms with van der Waals surface area (Å²) >= 11 is 0. The van der Waals surface area contributed by atoms with Gasteiger partial charge >= 0.3 is 20.0 Å². The van der Waals surface area contributed by atoms with E-state index in [-0.39, 0.29) is 28.1 Å². The highest BCUT2D eigenvalue weighted by atomic mass is 31.2. The SMILES string of the molecule is Cc1nc(F)ccc1C(c1cn(C23CC(C2)C3)nn1)N(COP(=O)(O)O)c1cc(C#N)c2ncc(C#N)c(NC(C)C(C)(C)C)c2c1.O=C(O)C(F)(F)F. The van der Waals surface area contributed by atoms with Gasteiger partial charge in [-0.3, -0.25) is 9.51 Å². The van der Waals surface area contributed by atoms with Crippen LogP contribution in [0.2, 0.25) is 0 Å². The Balaban J connectivity index is 0.000000730. The highest BCUT2D eigenvalue weighted by molar-refractivity contribution is 7.46. The van der Waals surface area contributed by atoms with Gasteiger partial charge in [-0.05, 0) is 62.6 Å². The van der Waals surface area contributed by atoms with Crippen LogP contribution in [-0.2, 0) is 19.4 Å². The van der Waals surface area contributed by atoms with Gasteiger partial charge in [0, 0.05) is 34.6 Å². The van der Waals surface area contributed by atoms with Crippen LogP contribution in [0.5, 0.6) is 0 Å². The van der Waals surface area contributed by atoms with Crippen LogP contribution in [-0.4, -0.2) is 64.8 Å². The van der Waals surface area contributed by atoms with Crippen LogP contribution in [0.15, 0.2) is 36.7 Å². The number of aromatic nitrogens is 5. The molecular formula is C34H36F4N9O6P. The molecule has 2 unspecified atom stereocenters. The van der Waals surface area contributed by atoms with Crippen molar-refractivity contribution in [1.82, 2.24) is 25.0 Å². The number of carboxylic acids is 1. The Morgan fingerprint density at radius 3 is 2.30 bits per heavy atom. The van der Waals surface area contributed by atoms with E-state index in [2.05, 4.69) is 58.5 Å². The van der Waals surface area contributed by atoms with Crippen molar-refractivity contribution in [3.8, 4) is 12.1 Å². The molecule has 20 heteroatoms. The second kappa shape index (κ2) is 14.6. The number of phosphoric ester groups is 1. The number of pyridine rings is 2. The second-order valence-corrected chi connectivity index (χ2v) is 15.7. The molecular weight excluding hydrogens is 737 g/mol. The lowest BCUT2D eigenvalue weighted by Crippen LogP contribution is -2.59. The average Bonchev–Trinajstić information content (AvgIpc) is 3.49. The van der Waals surface area contributed by atoms with E-state index >= 15 is 0 Å². The zero-order valence-electron chi connectivity index (χ0n) is 29.6. The van der Waals surface area contributed by atoms with Crippen LogP contribution >= 0.6 is 7.82 Å². The van der Waals surface area contributed by atoms with Gasteiger partial charge in [0.25, 0.3) is 0 Å². The first-order chi connectivity index (χ1) is 25.1. The van der Waals surface area contributed by atoms with Crippen molar-refractivity contribution in [2.24, 2.45) is 11.3 Å². The number of nitrogens with one attached hydrogen (secondary N) is 1. The molecule has 3 heterocycles. The number of nitriles is 2. The number of anilines is 2. The van der Waals surface area contributed by atoms with Crippen molar-refractivity contribution in [3.05, 3.63) is 70.7 Å². The van der Waals surface area contributed by atoms with Gasteiger partial charge < -0.3 is 25.1 Å². The number of hydrogen-bond acceptors (Lipinski definition) is 11. The Morgan fingerprint density at radius 1 is 1.17 bits per heavy atom. The Kier molecular flexibility index (Phi) is 10.8. The highest BCUT2D eigenvalue weighted by Crippen LogP contribution is 2.62. The monoisotopic (exact) mass is 773 g/mol. The van der Waals surface area contributed by atoms with Crippen LogP contribution in [0.3, 0.4) is 0 Å². The lowest BCUT2D eigenvalue weighted by Gasteiger charge is -2.61. The zero-order chi connectivity index (χ0) is 40.0. The van der Waals surface area contributed by atoms with Gasteiger partial charge in [0.05, 0.1) is 34.1 Å². The number of aliphatic carboxylic acids is 1. The van der Waals surface area contributed by atoms with Gasteiger partial charge in [-0.1, -0.05) is 32.1 Å². The third-order valence-corrected chi connectivity index (χ3v) is 10.2. The molecule has 2 atom stereocenters. The Morgan fingerprint density at radius 2 is 1.80 bits per heavy atom. The molecule has 4 aromatic rings. The van der Waals surface area contributed by atoms with Gasteiger partial charge in [0.2, 0.25) is 5.95 Å². The van der Waals surface area contributed by atoms with Crippen LogP contribution < -0.4 is 10.2 Å². The number of alkyl halides is 3. The third kappa shape index (κ3) is 8.29. The number of aryl methyl sites for hydroxylation is 1. The molecule has 286 valence electrons. The standard InChI is InChI=1S/C32H35FN9O4P.C2HF3O2/c1-18-24(6-7-27(33)37-18)30(26-16-42(40-39-26)32-10-20(11-32)12-32)41(17-46-47(43,44)45)23-8-21(13-34)28-25(9-23)29(22(14-35)15-36-28)38-19(2)31(3,4)5;3-2(4,5)1(6)7/h6-9,15-16,19-20,30H,10-12,17H2,1-5H3,(H,36,38)(H2,43,44,45);(H,6,7). The number of phosphoric acid groups is 1. The van der Waals surface area contributed by atoms with Crippen LogP contribution in [0, 0.1) is 46.9 Å². The first kappa shape index (κ1) is 40.0. The molecule has 0 aliphatic heterocycles. The maximum atomic E-state index is 14.3. The molecule has 2 bridgehead atoms. The van der Waals surface area contributed by atoms with Crippen molar-refractivity contribution < 1.29 is 46.3 Å². The fraction of sp³-hybridized carbons (Fsp3) is 0.441. The van der Waals surface area contributed by atoms with Crippen LogP contribution in [0.4, 0.5) is 28.9 Å². The molecule has 3 aliphatic carbocycles. The molecule has 0 saturated heterocycles. The average molecular weight is 774 g/mol. The Hall–Kier alpha value is -5.20. The largest absolute Gasteiger partial charge is 0.490 e. The summed E-state index contributed by atoms with van der Waals surface area (Å²) < 4.78 is 65.0. The summed E-state index contributed by atoms with van der Waals surface area (Å²) in [5.41, 5.74) is 2.39. The Bertz CT molecular complexity index is 2210. The molecule has 15 nitrogen and oxygen atoms in total. The number of halogens is 4. The van der Waals surface area contributed by atoms with Gasteiger partial charge in [0.1, 0.15) is 30.6 Å². The Labute approximate surface area is 306 Å². The molecule has 3 aromatic heterocycles. The number of carboxylic acid groups (broad SMARTS) is 1. The molecule has 3 aliphatic rings. The summed E-state index contributed by atoms with van der Waals surface area (Å²) in [6.45, 7) is 9.11. The number of hydrogen-bond donors (Lipinski definition) is 4. The minimum absolute atomic E-state index is 0.107. The minimum atomic E-state index is -5.08. The number of nitrogens with zero attached hydrogens (tertiary/aromatic N) is 8. The van der Waals surface area contributed by atoms with Crippen molar-refractivity contribution in [2.75, 3.05) is 16.9 Å². The summed E-state index contributed by atoms with van der Waals surface area (Å²) in [7, 11) is -5.01. The molecule has 3 saturated carbocycles. The quantitative estimate of drug-likeness (QED) is 0.0622. The first-order valence-corrected chi connectivity index (χ1v) is 18.0. The summed E-state index contributed by atoms with van der Waals surface area (Å²) in [5.74, 6) is -2.78. The van der Waals surface area contributed by atoms with Crippen LogP contribution in [0.1, 0.15) is 81.1 Å². The van der Waals surface area contributed by atoms with Crippen molar-refractivity contribution >= 4 is 36.1 Å². The predicted octanol–water partition coefficient (Wildman–Crippen LogP) is 6.06. The number of benzene rings is 1. The highest BCUT2D eigenvalue weighted by Gasteiger charge is 2.59. The van der Waals surface area contributed by atoms with E-state index in [9.17, 15) is 42.4 Å². The summed E-state index contributed by atoms with van der Waals surface area (Å²) in [6.07, 6.45) is 1.11. The molecule has 0 amide bonds. The van der Waals surface area contributed by atoms with Gasteiger partial charge in [-0.15, -0.1) is 5.10 Å². The lowest BCUT2D eigenvalue weighted by molar-refractivity contribution is -0.192. The van der Waals surface area contributed by atoms with E-state index < -0.39 is 38.7 Å². The van der Waals surface area contributed by atoms with E-state index in [1.807, 2.05) is 11.6 Å². The number of fused-ring (bicyclic) bond motifs is 1. The van der Waals surface area contributed by atoms with E-state index in [0.717, 1.165) is 19.3 Å². The second-order valence-electron chi connectivity index (χ2n) is 14.4. The zero-order valence-corrected chi connectivity index (χ0v) is 30.5. The molecule has 0 radical (unpaired) electrons. The molecule has 0 spiro atoms. The third-order valence-electron chi connectivity index (χ3n) is 9.78. The minimum Gasteiger partial charge on any atom is -0.475 e. The van der Waals surface area contributed by atoms with E-state index in [0.29, 0.717) is 45.1 Å². The van der Waals surface area contributed by atoms with Crippen LogP contribution in [0.25, 0.3) is 10.9 Å². The maximum Gasteiger partial charge on any atom is 0.490 e.